The molecule has 4 heteroatoms. The molecule has 3 N–H and O–H groups in total. The molecule has 1 aromatic heterocycles. The SMILES string of the molecule is NC(CO)c1ccon1. The van der Waals surface area contributed by atoms with E-state index in [9.17, 15) is 0 Å². The first-order valence-electron chi connectivity index (χ1n) is 2.61. The Morgan fingerprint density at radius 3 is 3.11 bits per heavy atom. The number of aliphatic hydroxyl groups is 1. The fourth-order valence-electron chi connectivity index (χ4n) is 0.507. The lowest BCUT2D eigenvalue weighted by Gasteiger charge is -1.99. The van der Waals surface area contributed by atoms with Crippen LogP contribution >= 0.6 is 0 Å². The van der Waals surface area contributed by atoms with Crippen molar-refractivity contribution in [2.45, 2.75) is 6.04 Å². The molecule has 0 aliphatic heterocycles. The van der Waals surface area contributed by atoms with Crippen LogP contribution in [0.25, 0.3) is 0 Å². The van der Waals surface area contributed by atoms with Crippen molar-refractivity contribution in [3.8, 4) is 0 Å². The lowest BCUT2D eigenvalue weighted by atomic mass is 10.2. The van der Waals surface area contributed by atoms with E-state index in [0.717, 1.165) is 0 Å². The van der Waals surface area contributed by atoms with Crippen LogP contribution in [0.3, 0.4) is 0 Å². The standard InChI is InChI=1S/C5H8N2O2/c6-4(3-8)5-1-2-9-7-5/h1-2,4,8H,3,6H2. The zero-order valence-corrected chi connectivity index (χ0v) is 4.82. The Kier molecular flexibility index (Phi) is 1.81. The van der Waals surface area contributed by atoms with Crippen LogP contribution in [0.1, 0.15) is 11.7 Å². The highest BCUT2D eigenvalue weighted by Crippen LogP contribution is 2.03. The molecule has 50 valence electrons. The van der Waals surface area contributed by atoms with E-state index in [1.807, 2.05) is 0 Å². The Bertz CT molecular complexity index is 161. The molecule has 1 rings (SSSR count). The van der Waals surface area contributed by atoms with Gasteiger partial charge in [0.2, 0.25) is 0 Å². The van der Waals surface area contributed by atoms with Crippen molar-refractivity contribution in [3.05, 3.63) is 18.0 Å². The number of nitrogens with two attached hydrogens (primary N) is 1. The van der Waals surface area contributed by atoms with E-state index < -0.39 is 6.04 Å². The van der Waals surface area contributed by atoms with Crippen molar-refractivity contribution in [1.82, 2.24) is 5.16 Å². The first-order chi connectivity index (χ1) is 4.34. The largest absolute Gasteiger partial charge is 0.394 e. The molecule has 0 spiro atoms. The lowest BCUT2D eigenvalue weighted by molar-refractivity contribution is 0.261. The first kappa shape index (κ1) is 6.25. The van der Waals surface area contributed by atoms with E-state index in [4.69, 9.17) is 10.8 Å². The van der Waals surface area contributed by atoms with E-state index in [2.05, 4.69) is 9.68 Å². The van der Waals surface area contributed by atoms with Crippen LogP contribution in [0.4, 0.5) is 0 Å². The number of aliphatic hydroxyl groups excluding tert-OH is 1. The fraction of sp³-hybridized carbons (Fsp3) is 0.400. The summed E-state index contributed by atoms with van der Waals surface area (Å²) in [4.78, 5) is 0. The normalized spacial score (nSPS) is 13.6. The smallest absolute Gasteiger partial charge is 0.124 e. The molecule has 1 unspecified atom stereocenters. The molecule has 0 saturated carbocycles. The minimum Gasteiger partial charge on any atom is -0.394 e. The number of hydrogen-bond acceptors (Lipinski definition) is 4. The van der Waals surface area contributed by atoms with Gasteiger partial charge in [-0.1, -0.05) is 5.16 Å². The predicted octanol–water partition coefficient (Wildman–Crippen LogP) is -0.333. The Morgan fingerprint density at radius 2 is 2.67 bits per heavy atom. The lowest BCUT2D eigenvalue weighted by Crippen LogP contribution is -2.14. The van der Waals surface area contributed by atoms with E-state index in [0.29, 0.717) is 5.69 Å². The summed E-state index contributed by atoms with van der Waals surface area (Å²) < 4.78 is 4.50. The molecule has 0 radical (unpaired) electrons. The average molecular weight is 128 g/mol. The van der Waals surface area contributed by atoms with Crippen molar-refractivity contribution in [2.75, 3.05) is 6.61 Å². The number of rotatable bonds is 2. The minimum absolute atomic E-state index is 0.105. The van der Waals surface area contributed by atoms with Crippen LogP contribution in [0.2, 0.25) is 0 Å². The van der Waals surface area contributed by atoms with Gasteiger partial charge in [0.05, 0.1) is 12.6 Å². The Morgan fingerprint density at radius 1 is 1.89 bits per heavy atom. The van der Waals surface area contributed by atoms with E-state index in [1.165, 1.54) is 6.26 Å². The first-order valence-corrected chi connectivity index (χ1v) is 2.61. The van der Waals surface area contributed by atoms with Gasteiger partial charge in [-0.25, -0.2) is 0 Å². The van der Waals surface area contributed by atoms with E-state index in [-0.39, 0.29) is 6.61 Å². The van der Waals surface area contributed by atoms with Crippen molar-refractivity contribution < 1.29 is 9.63 Å². The maximum Gasteiger partial charge on any atom is 0.124 e. The Labute approximate surface area is 52.3 Å². The molecule has 0 saturated heterocycles. The number of aromatic nitrogens is 1. The monoisotopic (exact) mass is 128 g/mol. The quantitative estimate of drug-likeness (QED) is 0.571. The third-order valence-corrected chi connectivity index (χ3v) is 1.03. The summed E-state index contributed by atoms with van der Waals surface area (Å²) in [6, 6.07) is 1.21. The van der Waals surface area contributed by atoms with E-state index in [1.54, 1.807) is 6.07 Å². The van der Waals surface area contributed by atoms with Crippen molar-refractivity contribution >= 4 is 0 Å². The topological polar surface area (TPSA) is 72.3 Å². The van der Waals surface area contributed by atoms with Gasteiger partial charge in [-0.05, 0) is 0 Å². The Balaban J connectivity index is 2.65. The van der Waals surface area contributed by atoms with Crippen LogP contribution in [-0.2, 0) is 0 Å². The maximum absolute atomic E-state index is 8.50. The molecule has 0 fully saturated rings. The van der Waals surface area contributed by atoms with Crippen LogP contribution in [0.15, 0.2) is 16.9 Å². The van der Waals surface area contributed by atoms with Gasteiger partial charge in [-0.2, -0.15) is 0 Å². The summed E-state index contributed by atoms with van der Waals surface area (Å²) >= 11 is 0. The second kappa shape index (κ2) is 2.61. The molecule has 1 atom stereocenters. The molecule has 0 amide bonds. The van der Waals surface area contributed by atoms with Crippen LogP contribution in [0, 0.1) is 0 Å². The second-order valence-electron chi connectivity index (χ2n) is 1.71. The summed E-state index contributed by atoms with van der Waals surface area (Å²) in [6.45, 7) is -0.105. The molecular formula is C5H8N2O2. The van der Waals surface area contributed by atoms with Gasteiger partial charge in [0, 0.05) is 6.07 Å². The molecule has 0 aliphatic carbocycles. The zero-order chi connectivity index (χ0) is 6.69. The Hall–Kier alpha value is -0.870. The fourth-order valence-corrected chi connectivity index (χ4v) is 0.507. The molecule has 0 bridgehead atoms. The van der Waals surface area contributed by atoms with Gasteiger partial charge >= 0.3 is 0 Å². The summed E-state index contributed by atoms with van der Waals surface area (Å²) in [5, 5.41) is 12.0. The van der Waals surface area contributed by atoms with Gasteiger partial charge < -0.3 is 15.4 Å². The third kappa shape index (κ3) is 1.28. The average Bonchev–Trinajstić information content (AvgIpc) is 2.37. The minimum atomic E-state index is -0.413. The number of hydrogen-bond donors (Lipinski definition) is 2. The third-order valence-electron chi connectivity index (χ3n) is 1.03. The predicted molar refractivity (Wildman–Crippen MR) is 30.5 cm³/mol. The summed E-state index contributed by atoms with van der Waals surface area (Å²) in [6.07, 6.45) is 1.42. The van der Waals surface area contributed by atoms with Crippen molar-refractivity contribution in [1.29, 1.82) is 0 Å². The zero-order valence-electron chi connectivity index (χ0n) is 4.82. The van der Waals surface area contributed by atoms with Crippen LogP contribution < -0.4 is 5.73 Å². The molecule has 0 aliphatic rings. The summed E-state index contributed by atoms with van der Waals surface area (Å²) in [5.41, 5.74) is 5.95. The maximum atomic E-state index is 8.50. The number of nitrogens with zero attached hydrogens (tertiary/aromatic N) is 1. The summed E-state index contributed by atoms with van der Waals surface area (Å²) in [5.74, 6) is 0. The van der Waals surface area contributed by atoms with Gasteiger partial charge in [-0.15, -0.1) is 0 Å². The van der Waals surface area contributed by atoms with Gasteiger partial charge in [0.25, 0.3) is 0 Å². The highest BCUT2D eigenvalue weighted by atomic mass is 16.5. The summed E-state index contributed by atoms with van der Waals surface area (Å²) in [7, 11) is 0. The van der Waals surface area contributed by atoms with Crippen molar-refractivity contribution in [3.63, 3.8) is 0 Å². The molecule has 4 nitrogen and oxygen atoms in total. The molecular weight excluding hydrogens is 120 g/mol. The van der Waals surface area contributed by atoms with E-state index >= 15 is 0 Å². The highest BCUT2D eigenvalue weighted by molar-refractivity contribution is 5.01. The molecule has 1 heterocycles. The second-order valence-corrected chi connectivity index (χ2v) is 1.71. The molecule has 0 aromatic carbocycles. The van der Waals surface area contributed by atoms with Gasteiger partial charge in [0.15, 0.2) is 0 Å². The highest BCUT2D eigenvalue weighted by Gasteiger charge is 2.05. The molecule has 9 heavy (non-hydrogen) atoms. The van der Waals surface area contributed by atoms with Crippen molar-refractivity contribution in [2.24, 2.45) is 5.73 Å². The van der Waals surface area contributed by atoms with Crippen LogP contribution in [0.5, 0.6) is 0 Å². The van der Waals surface area contributed by atoms with Gasteiger partial charge in [-0.3, -0.25) is 0 Å². The van der Waals surface area contributed by atoms with Gasteiger partial charge in [0.1, 0.15) is 12.0 Å². The molecule has 1 aromatic rings. The van der Waals surface area contributed by atoms with Crippen LogP contribution in [-0.4, -0.2) is 16.9 Å².